The lowest BCUT2D eigenvalue weighted by molar-refractivity contribution is 0.199. The molecule has 0 radical (unpaired) electrons. The molecule has 2 aromatic rings. The van der Waals surface area contributed by atoms with Crippen molar-refractivity contribution in [1.82, 2.24) is 15.0 Å². The molecule has 1 saturated carbocycles. The summed E-state index contributed by atoms with van der Waals surface area (Å²) >= 11 is 0. The first-order chi connectivity index (χ1) is 10.8. The first-order valence-electron chi connectivity index (χ1n) is 8.05. The summed E-state index contributed by atoms with van der Waals surface area (Å²) in [7, 11) is 1.66. The Kier molecular flexibility index (Phi) is 3.58. The van der Waals surface area contributed by atoms with Crippen LogP contribution in [0, 0.1) is 0 Å². The predicted molar refractivity (Wildman–Crippen MR) is 82.9 cm³/mol. The molecule has 0 bridgehead atoms. The van der Waals surface area contributed by atoms with Crippen molar-refractivity contribution in [1.29, 1.82) is 0 Å². The van der Waals surface area contributed by atoms with Crippen LogP contribution in [0.1, 0.15) is 37.4 Å². The molecule has 5 nitrogen and oxygen atoms in total. The van der Waals surface area contributed by atoms with Gasteiger partial charge in [-0.3, -0.25) is 0 Å². The monoisotopic (exact) mass is 299 g/mol. The van der Waals surface area contributed by atoms with E-state index in [9.17, 15) is 0 Å². The summed E-state index contributed by atoms with van der Waals surface area (Å²) in [6.07, 6.45) is 5.03. The van der Waals surface area contributed by atoms with Gasteiger partial charge in [0.2, 0.25) is 0 Å². The van der Waals surface area contributed by atoms with E-state index in [1.54, 1.807) is 7.11 Å². The summed E-state index contributed by atoms with van der Waals surface area (Å²) in [5, 5.41) is 4.21. The molecule has 1 saturated heterocycles. The second-order valence-electron chi connectivity index (χ2n) is 6.23. The molecule has 0 spiro atoms. The van der Waals surface area contributed by atoms with Crippen molar-refractivity contribution in [2.24, 2.45) is 0 Å². The molecule has 0 N–H and O–H groups in total. The summed E-state index contributed by atoms with van der Waals surface area (Å²) in [5.41, 5.74) is 0.911. The van der Waals surface area contributed by atoms with Gasteiger partial charge in [0.25, 0.3) is 5.89 Å². The van der Waals surface area contributed by atoms with E-state index >= 15 is 0 Å². The van der Waals surface area contributed by atoms with E-state index in [2.05, 4.69) is 15.0 Å². The van der Waals surface area contributed by atoms with Crippen LogP contribution in [-0.4, -0.2) is 41.3 Å². The van der Waals surface area contributed by atoms with Gasteiger partial charge in [-0.15, -0.1) is 0 Å². The molecule has 0 unspecified atom stereocenters. The Bertz CT molecular complexity index is 643. The predicted octanol–water partition coefficient (Wildman–Crippen LogP) is 3.09. The summed E-state index contributed by atoms with van der Waals surface area (Å²) < 4.78 is 10.7. The van der Waals surface area contributed by atoms with Crippen LogP contribution in [0.2, 0.25) is 0 Å². The van der Waals surface area contributed by atoms with Crippen LogP contribution in [0.4, 0.5) is 0 Å². The van der Waals surface area contributed by atoms with Gasteiger partial charge in [0, 0.05) is 17.5 Å². The van der Waals surface area contributed by atoms with Gasteiger partial charge in [-0.25, -0.2) is 0 Å². The van der Waals surface area contributed by atoms with Gasteiger partial charge in [-0.1, -0.05) is 11.2 Å². The van der Waals surface area contributed by atoms with Crippen LogP contribution in [-0.2, 0) is 0 Å². The molecule has 22 heavy (non-hydrogen) atoms. The fourth-order valence-electron chi connectivity index (χ4n) is 3.24. The Labute approximate surface area is 130 Å². The number of benzene rings is 1. The van der Waals surface area contributed by atoms with Crippen LogP contribution >= 0.6 is 0 Å². The highest BCUT2D eigenvalue weighted by atomic mass is 16.5. The lowest BCUT2D eigenvalue weighted by Gasteiger charge is -2.30. The van der Waals surface area contributed by atoms with E-state index in [1.807, 2.05) is 24.3 Å². The fourth-order valence-corrected chi connectivity index (χ4v) is 3.24. The Morgan fingerprint density at radius 3 is 2.73 bits per heavy atom. The fraction of sp³-hybridized carbons (Fsp3) is 0.529. The maximum atomic E-state index is 5.46. The Morgan fingerprint density at radius 1 is 1.18 bits per heavy atom. The first kappa shape index (κ1) is 13.8. The molecule has 2 heterocycles. The van der Waals surface area contributed by atoms with Crippen molar-refractivity contribution >= 4 is 0 Å². The normalized spacial score (nSPS) is 20.2. The third kappa shape index (κ3) is 2.73. The van der Waals surface area contributed by atoms with E-state index in [-0.39, 0.29) is 0 Å². The third-order valence-electron chi connectivity index (χ3n) is 4.72. The number of methoxy groups -OCH3 is 1. The van der Waals surface area contributed by atoms with Gasteiger partial charge in [0.05, 0.1) is 7.11 Å². The van der Waals surface area contributed by atoms with Gasteiger partial charge in [-0.05, 0) is 57.0 Å². The summed E-state index contributed by atoms with van der Waals surface area (Å²) in [6, 6.07) is 8.60. The number of nitrogens with zero attached hydrogens (tertiary/aromatic N) is 3. The number of hydrogen-bond acceptors (Lipinski definition) is 5. The zero-order chi connectivity index (χ0) is 14.9. The molecule has 0 amide bonds. The van der Waals surface area contributed by atoms with Crippen LogP contribution in [0.3, 0.4) is 0 Å². The number of piperidine rings is 1. The minimum atomic E-state index is 0.429. The lowest BCUT2D eigenvalue weighted by Crippen LogP contribution is -2.34. The molecule has 116 valence electrons. The Hall–Kier alpha value is -1.88. The topological polar surface area (TPSA) is 51.4 Å². The van der Waals surface area contributed by atoms with Gasteiger partial charge >= 0.3 is 0 Å². The summed E-state index contributed by atoms with van der Waals surface area (Å²) in [4.78, 5) is 7.22. The average molecular weight is 299 g/mol. The SMILES string of the molecule is COc1cccc(-c2nc(C3CCN(C4CC4)CC3)no2)c1. The van der Waals surface area contributed by atoms with Crippen molar-refractivity contribution in [2.45, 2.75) is 37.6 Å². The minimum Gasteiger partial charge on any atom is -0.497 e. The highest BCUT2D eigenvalue weighted by molar-refractivity contribution is 5.55. The lowest BCUT2D eigenvalue weighted by atomic mass is 9.96. The van der Waals surface area contributed by atoms with Crippen LogP contribution in [0.25, 0.3) is 11.5 Å². The molecular weight excluding hydrogens is 278 g/mol. The minimum absolute atomic E-state index is 0.429. The summed E-state index contributed by atoms with van der Waals surface area (Å²) in [6.45, 7) is 2.33. The highest BCUT2D eigenvalue weighted by Crippen LogP contribution is 2.34. The van der Waals surface area contributed by atoms with Crippen molar-refractivity contribution in [3.05, 3.63) is 30.1 Å². The van der Waals surface area contributed by atoms with Gasteiger partial charge < -0.3 is 14.2 Å². The van der Waals surface area contributed by atoms with Gasteiger partial charge in [0.1, 0.15) is 5.75 Å². The van der Waals surface area contributed by atoms with Crippen LogP contribution in [0.5, 0.6) is 5.75 Å². The smallest absolute Gasteiger partial charge is 0.258 e. The summed E-state index contributed by atoms with van der Waals surface area (Å²) in [5.74, 6) is 2.67. The Morgan fingerprint density at radius 2 is 2.00 bits per heavy atom. The second-order valence-corrected chi connectivity index (χ2v) is 6.23. The molecule has 2 aliphatic rings. The van der Waals surface area contributed by atoms with Crippen LogP contribution < -0.4 is 4.74 Å². The molecular formula is C17H21N3O2. The van der Waals surface area contributed by atoms with E-state index < -0.39 is 0 Å². The van der Waals surface area contributed by atoms with Crippen molar-refractivity contribution in [2.75, 3.05) is 20.2 Å². The van der Waals surface area contributed by atoms with E-state index in [4.69, 9.17) is 9.26 Å². The zero-order valence-corrected chi connectivity index (χ0v) is 12.9. The maximum absolute atomic E-state index is 5.46. The number of likely N-dealkylation sites (tertiary alicyclic amines) is 1. The van der Waals surface area contributed by atoms with E-state index in [0.29, 0.717) is 11.8 Å². The highest BCUT2D eigenvalue weighted by Gasteiger charge is 2.33. The molecule has 1 aromatic carbocycles. The molecule has 4 rings (SSSR count). The standard InChI is InChI=1S/C17H21N3O2/c1-21-15-4-2-3-13(11-15)17-18-16(19-22-17)12-7-9-20(10-8-12)14-5-6-14/h2-4,11-12,14H,5-10H2,1H3. The quantitative estimate of drug-likeness (QED) is 0.868. The third-order valence-corrected chi connectivity index (χ3v) is 4.72. The van der Waals surface area contributed by atoms with E-state index in [0.717, 1.165) is 36.0 Å². The first-order valence-corrected chi connectivity index (χ1v) is 8.05. The van der Waals surface area contributed by atoms with Crippen molar-refractivity contribution < 1.29 is 9.26 Å². The number of rotatable bonds is 4. The molecule has 1 aliphatic carbocycles. The molecule has 2 fully saturated rings. The number of aromatic nitrogens is 2. The Balaban J connectivity index is 1.46. The van der Waals surface area contributed by atoms with Crippen molar-refractivity contribution in [3.8, 4) is 17.2 Å². The molecule has 5 heteroatoms. The number of hydrogen-bond donors (Lipinski definition) is 0. The van der Waals surface area contributed by atoms with Crippen LogP contribution in [0.15, 0.2) is 28.8 Å². The van der Waals surface area contributed by atoms with Gasteiger partial charge in [-0.2, -0.15) is 4.98 Å². The second kappa shape index (κ2) is 5.72. The largest absolute Gasteiger partial charge is 0.497 e. The average Bonchev–Trinajstić information content (AvgIpc) is 3.32. The number of ether oxygens (including phenoxy) is 1. The molecule has 1 aliphatic heterocycles. The van der Waals surface area contributed by atoms with Gasteiger partial charge in [0.15, 0.2) is 5.82 Å². The molecule has 1 aromatic heterocycles. The maximum Gasteiger partial charge on any atom is 0.258 e. The molecule has 0 atom stereocenters. The van der Waals surface area contributed by atoms with E-state index in [1.165, 1.54) is 25.9 Å². The zero-order valence-electron chi connectivity index (χ0n) is 12.9. The van der Waals surface area contributed by atoms with Crippen molar-refractivity contribution in [3.63, 3.8) is 0 Å².